The van der Waals surface area contributed by atoms with E-state index in [1.54, 1.807) is 36.7 Å². The Hall–Kier alpha value is -4.88. The summed E-state index contributed by atoms with van der Waals surface area (Å²) >= 11 is 0. The Morgan fingerprint density at radius 1 is 0.946 bits per heavy atom. The molecule has 0 aliphatic carbocycles. The lowest BCUT2D eigenvalue weighted by Crippen LogP contribution is -2.27. The van der Waals surface area contributed by atoms with Crippen molar-refractivity contribution in [1.82, 2.24) is 15.0 Å². The molecule has 10 heteroatoms. The molecule has 0 unspecified atom stereocenters. The van der Waals surface area contributed by atoms with Gasteiger partial charge in [0.1, 0.15) is 23.6 Å². The number of rotatable bonds is 6. The van der Waals surface area contributed by atoms with Crippen molar-refractivity contribution < 1.29 is 17.5 Å². The first-order valence-electron chi connectivity index (χ1n) is 11.0. The molecule has 0 atom stereocenters. The third-order valence-electron chi connectivity index (χ3n) is 5.74. The van der Waals surface area contributed by atoms with E-state index >= 15 is 0 Å². The van der Waals surface area contributed by atoms with Crippen LogP contribution in [0, 0.1) is 17.1 Å². The van der Waals surface area contributed by atoms with Crippen LogP contribution in [0.4, 0.5) is 15.9 Å². The van der Waals surface area contributed by atoms with Crippen LogP contribution < -0.4 is 9.04 Å². The number of ether oxygens (including phenoxy) is 1. The number of benzene rings is 3. The molecule has 0 aliphatic heterocycles. The Balaban J connectivity index is 1.75. The van der Waals surface area contributed by atoms with Crippen molar-refractivity contribution in [2.45, 2.75) is 4.90 Å². The zero-order valence-electron chi connectivity index (χ0n) is 19.4. The molecule has 0 spiro atoms. The number of halogens is 1. The van der Waals surface area contributed by atoms with Crippen molar-refractivity contribution in [1.29, 1.82) is 5.26 Å². The summed E-state index contributed by atoms with van der Waals surface area (Å²) in [6.45, 7) is 0. The Bertz CT molecular complexity index is 1760. The average Bonchev–Trinajstić information content (AvgIpc) is 2.93. The predicted molar refractivity (Wildman–Crippen MR) is 136 cm³/mol. The molecule has 0 amide bonds. The van der Waals surface area contributed by atoms with Gasteiger partial charge < -0.3 is 4.74 Å². The highest BCUT2D eigenvalue weighted by molar-refractivity contribution is 7.93. The molecule has 0 saturated heterocycles. The highest BCUT2D eigenvalue weighted by atomic mass is 32.2. The first kappa shape index (κ1) is 23.8. The standard InChI is InChI=1S/C27H18FN5O3S/c1-36-26-14-24(18-2-5-22(28)6-3-18)21(15-29)13-25(26)33(27-9-11-31-17-32-27)37(34,35)23-7-4-20-16-30-10-8-19(20)12-23/h2-14,16-17H,1H3. The average molecular weight is 512 g/mol. The quantitative estimate of drug-likeness (QED) is 0.307. The summed E-state index contributed by atoms with van der Waals surface area (Å²) in [5, 5.41) is 11.4. The third kappa shape index (κ3) is 4.44. The van der Waals surface area contributed by atoms with Gasteiger partial charge in [0, 0.05) is 35.6 Å². The van der Waals surface area contributed by atoms with Crippen molar-refractivity contribution in [3.05, 3.63) is 103 Å². The minimum atomic E-state index is -4.26. The van der Waals surface area contributed by atoms with E-state index in [9.17, 15) is 18.1 Å². The largest absolute Gasteiger partial charge is 0.495 e. The lowest BCUT2D eigenvalue weighted by molar-refractivity contribution is 0.416. The molecule has 0 radical (unpaired) electrons. The fraction of sp³-hybridized carbons (Fsp3) is 0.0370. The van der Waals surface area contributed by atoms with Crippen LogP contribution in [0.2, 0.25) is 0 Å². The van der Waals surface area contributed by atoms with Crippen LogP contribution in [-0.2, 0) is 10.0 Å². The van der Waals surface area contributed by atoms with Crippen LogP contribution >= 0.6 is 0 Å². The highest BCUT2D eigenvalue weighted by Crippen LogP contribution is 2.41. The second-order valence-electron chi connectivity index (χ2n) is 7.91. The van der Waals surface area contributed by atoms with Crippen LogP contribution in [0.1, 0.15) is 5.56 Å². The summed E-state index contributed by atoms with van der Waals surface area (Å²) in [6.07, 6.45) is 5.87. The zero-order valence-corrected chi connectivity index (χ0v) is 20.2. The number of anilines is 2. The number of sulfonamides is 1. The topological polar surface area (TPSA) is 109 Å². The van der Waals surface area contributed by atoms with Gasteiger partial charge in [-0.3, -0.25) is 4.98 Å². The third-order valence-corrected chi connectivity index (χ3v) is 7.45. The number of fused-ring (bicyclic) bond motifs is 1. The highest BCUT2D eigenvalue weighted by Gasteiger charge is 2.31. The Morgan fingerprint density at radius 2 is 1.73 bits per heavy atom. The Kier molecular flexibility index (Phi) is 6.21. The summed E-state index contributed by atoms with van der Waals surface area (Å²) in [5.41, 5.74) is 1.28. The van der Waals surface area contributed by atoms with E-state index in [0.717, 1.165) is 9.69 Å². The van der Waals surface area contributed by atoms with Gasteiger partial charge in [-0.15, -0.1) is 0 Å². The van der Waals surface area contributed by atoms with Gasteiger partial charge >= 0.3 is 0 Å². The summed E-state index contributed by atoms with van der Waals surface area (Å²) < 4.78 is 48.3. The zero-order chi connectivity index (χ0) is 26.0. The molecule has 0 aliphatic rings. The van der Waals surface area contributed by atoms with Gasteiger partial charge in [-0.05, 0) is 53.4 Å². The van der Waals surface area contributed by atoms with Gasteiger partial charge in [0.2, 0.25) is 0 Å². The van der Waals surface area contributed by atoms with Crippen LogP contribution in [0.15, 0.2) is 96.5 Å². The Labute approximate surface area is 212 Å². The molecule has 0 bridgehead atoms. The van der Waals surface area contributed by atoms with Crippen molar-refractivity contribution in [2.24, 2.45) is 0 Å². The maximum Gasteiger partial charge on any atom is 0.270 e. The SMILES string of the molecule is COc1cc(-c2ccc(F)cc2)c(C#N)cc1N(c1ccncn1)S(=O)(=O)c1ccc2cnccc2c1. The van der Waals surface area contributed by atoms with Crippen LogP contribution in [-0.4, -0.2) is 30.5 Å². The molecule has 0 fully saturated rings. The first-order chi connectivity index (χ1) is 17.9. The molecular weight excluding hydrogens is 493 g/mol. The normalized spacial score (nSPS) is 11.2. The first-order valence-corrected chi connectivity index (χ1v) is 12.4. The summed E-state index contributed by atoms with van der Waals surface area (Å²) in [6, 6.07) is 18.6. The van der Waals surface area contributed by atoms with Crippen molar-refractivity contribution in [2.75, 3.05) is 11.4 Å². The van der Waals surface area contributed by atoms with Gasteiger partial charge in [0.25, 0.3) is 10.0 Å². The fourth-order valence-electron chi connectivity index (χ4n) is 3.96. The van der Waals surface area contributed by atoms with Crippen LogP contribution in [0.3, 0.4) is 0 Å². The molecule has 0 N–H and O–H groups in total. The number of aromatic nitrogens is 3. The van der Waals surface area contributed by atoms with Gasteiger partial charge in [-0.1, -0.05) is 18.2 Å². The summed E-state index contributed by atoms with van der Waals surface area (Å²) in [5.74, 6) is -0.190. The number of pyridine rings is 1. The number of hydrogen-bond acceptors (Lipinski definition) is 7. The minimum Gasteiger partial charge on any atom is -0.495 e. The molecule has 0 saturated carbocycles. The van der Waals surface area contributed by atoms with E-state index in [0.29, 0.717) is 16.5 Å². The summed E-state index contributed by atoms with van der Waals surface area (Å²) in [4.78, 5) is 12.2. The molecule has 2 aromatic heterocycles. The second kappa shape index (κ2) is 9.64. The molecule has 3 aromatic carbocycles. The Morgan fingerprint density at radius 3 is 2.43 bits per heavy atom. The molecule has 8 nitrogen and oxygen atoms in total. The number of nitrogens with zero attached hydrogens (tertiary/aromatic N) is 5. The van der Waals surface area contributed by atoms with Gasteiger partial charge in [-0.2, -0.15) is 5.26 Å². The molecule has 5 aromatic rings. The second-order valence-corrected chi connectivity index (χ2v) is 9.70. The van der Waals surface area contributed by atoms with Crippen molar-refractivity contribution in [3.63, 3.8) is 0 Å². The molecule has 182 valence electrons. The molecule has 2 heterocycles. The van der Waals surface area contributed by atoms with Crippen LogP contribution in [0.25, 0.3) is 21.9 Å². The smallest absolute Gasteiger partial charge is 0.270 e. The number of methoxy groups -OCH3 is 1. The van der Waals surface area contributed by atoms with E-state index in [2.05, 4.69) is 21.0 Å². The molecular formula is C27H18FN5O3S. The summed E-state index contributed by atoms with van der Waals surface area (Å²) in [7, 11) is -2.86. The molecule has 5 rings (SSSR count). The lowest BCUT2D eigenvalue weighted by atomic mass is 9.99. The monoisotopic (exact) mass is 511 g/mol. The van der Waals surface area contributed by atoms with E-state index in [1.807, 2.05) is 0 Å². The lowest BCUT2D eigenvalue weighted by Gasteiger charge is -2.26. The van der Waals surface area contributed by atoms with E-state index in [4.69, 9.17) is 4.74 Å². The fourth-order valence-corrected chi connectivity index (χ4v) is 5.44. The molecule has 37 heavy (non-hydrogen) atoms. The van der Waals surface area contributed by atoms with Gasteiger partial charge in [0.15, 0.2) is 5.82 Å². The van der Waals surface area contributed by atoms with Gasteiger partial charge in [0.05, 0.1) is 23.6 Å². The maximum atomic E-state index is 14.1. The van der Waals surface area contributed by atoms with Crippen molar-refractivity contribution in [3.8, 4) is 22.9 Å². The number of hydrogen-bond donors (Lipinski definition) is 0. The van der Waals surface area contributed by atoms with Gasteiger partial charge in [-0.25, -0.2) is 27.1 Å². The van der Waals surface area contributed by atoms with Crippen molar-refractivity contribution >= 4 is 32.3 Å². The van der Waals surface area contributed by atoms with E-state index in [1.165, 1.54) is 62.1 Å². The minimum absolute atomic E-state index is 0.00739. The maximum absolute atomic E-state index is 14.1. The van der Waals surface area contributed by atoms with E-state index in [-0.39, 0.29) is 27.7 Å². The number of nitriles is 1. The van der Waals surface area contributed by atoms with E-state index < -0.39 is 15.8 Å². The predicted octanol–water partition coefficient (Wildman–Crippen LogP) is 5.24. The van der Waals surface area contributed by atoms with Crippen LogP contribution in [0.5, 0.6) is 5.75 Å².